The monoisotopic (exact) mass is 362 g/mol. The molecule has 0 saturated heterocycles. The number of fused-ring (bicyclic) bond motifs is 1. The van der Waals surface area contributed by atoms with Crippen LogP contribution in [0.2, 0.25) is 0 Å². The van der Waals surface area contributed by atoms with Gasteiger partial charge in [-0.25, -0.2) is 0 Å². The fourth-order valence-electron chi connectivity index (χ4n) is 2.10. The number of amides is 1. The lowest BCUT2D eigenvalue weighted by Gasteiger charge is -2.07. The Morgan fingerprint density at radius 3 is 2.79 bits per heavy atom. The summed E-state index contributed by atoms with van der Waals surface area (Å²) in [5, 5.41) is 3.42. The summed E-state index contributed by atoms with van der Waals surface area (Å²) in [7, 11) is -3.96. The number of nitrogens with one attached hydrogen (secondary N) is 1. The van der Waals surface area contributed by atoms with Gasteiger partial charge in [-0.1, -0.05) is 18.2 Å². The van der Waals surface area contributed by atoms with Crippen molar-refractivity contribution in [1.82, 2.24) is 10.3 Å². The van der Waals surface area contributed by atoms with Gasteiger partial charge in [0.05, 0.1) is 6.54 Å². The molecule has 3 rings (SSSR count). The zero-order valence-electron chi connectivity index (χ0n) is 12.7. The highest BCUT2D eigenvalue weighted by Gasteiger charge is 2.21. The minimum absolute atomic E-state index is 0.0794. The predicted molar refractivity (Wildman–Crippen MR) is 91.4 cm³/mol. The van der Waals surface area contributed by atoms with Crippen LogP contribution < -0.4 is 9.50 Å². The molecule has 124 valence electrons. The van der Waals surface area contributed by atoms with Crippen molar-refractivity contribution in [2.45, 2.75) is 17.7 Å². The Balaban J connectivity index is 1.87. The molecule has 0 atom stereocenters. The smallest absolute Gasteiger partial charge is 0.348 e. The van der Waals surface area contributed by atoms with E-state index in [1.54, 1.807) is 30.5 Å². The average molecular weight is 362 g/mol. The normalized spacial score (nSPS) is 11.4. The number of nitrogens with zero attached hydrogens (tertiary/aromatic N) is 1. The molecule has 8 heteroatoms. The van der Waals surface area contributed by atoms with E-state index in [0.29, 0.717) is 5.52 Å². The lowest BCUT2D eigenvalue weighted by Crippen LogP contribution is -2.18. The van der Waals surface area contributed by atoms with Crippen molar-refractivity contribution < 1.29 is 17.4 Å². The van der Waals surface area contributed by atoms with Gasteiger partial charge in [-0.3, -0.25) is 9.78 Å². The fourth-order valence-corrected chi connectivity index (χ4v) is 4.30. The van der Waals surface area contributed by atoms with E-state index in [2.05, 4.69) is 10.3 Å². The molecule has 0 aliphatic heterocycles. The summed E-state index contributed by atoms with van der Waals surface area (Å²) in [6, 6.07) is 11.8. The van der Waals surface area contributed by atoms with Crippen LogP contribution in [0.1, 0.15) is 11.8 Å². The third-order valence-electron chi connectivity index (χ3n) is 3.19. The van der Waals surface area contributed by atoms with E-state index in [0.717, 1.165) is 21.6 Å². The van der Waals surface area contributed by atoms with Gasteiger partial charge in [0.15, 0.2) is 9.96 Å². The first-order valence-electron chi connectivity index (χ1n) is 7.07. The van der Waals surface area contributed by atoms with Crippen LogP contribution in [0.4, 0.5) is 0 Å². The summed E-state index contributed by atoms with van der Waals surface area (Å²) in [5.74, 6) is 0.01000. The Kier molecular flexibility index (Phi) is 4.50. The Bertz CT molecular complexity index is 991. The van der Waals surface area contributed by atoms with Crippen molar-refractivity contribution in [2.75, 3.05) is 0 Å². The molecule has 2 aromatic heterocycles. The molecule has 6 nitrogen and oxygen atoms in total. The molecule has 3 aromatic rings. The predicted octanol–water partition coefficient (Wildman–Crippen LogP) is 2.70. The van der Waals surface area contributed by atoms with Crippen molar-refractivity contribution in [3.8, 4) is 5.75 Å². The van der Waals surface area contributed by atoms with E-state index < -0.39 is 10.1 Å². The standard InChI is InChI=1S/C16H14N2O4S2/c1-11(19)18-10-13-7-8-15(23-13)24(20,21)22-14-6-2-4-12-5-3-9-17-16(12)14/h2-9H,10H2,1H3,(H,18,19). The Labute approximate surface area is 143 Å². The van der Waals surface area contributed by atoms with Crippen LogP contribution in [0.25, 0.3) is 10.9 Å². The Morgan fingerprint density at radius 2 is 2.00 bits per heavy atom. The van der Waals surface area contributed by atoms with Crippen molar-refractivity contribution >= 4 is 38.3 Å². The second kappa shape index (κ2) is 6.58. The van der Waals surface area contributed by atoms with E-state index in [1.807, 2.05) is 12.1 Å². The largest absolute Gasteiger partial charge is 0.376 e. The van der Waals surface area contributed by atoms with E-state index >= 15 is 0 Å². The first-order valence-corrected chi connectivity index (χ1v) is 9.29. The van der Waals surface area contributed by atoms with Gasteiger partial charge < -0.3 is 9.50 Å². The van der Waals surface area contributed by atoms with E-state index in [4.69, 9.17) is 4.18 Å². The maximum atomic E-state index is 12.5. The molecular formula is C16H14N2O4S2. The number of pyridine rings is 1. The maximum absolute atomic E-state index is 12.5. The van der Waals surface area contributed by atoms with Crippen LogP contribution >= 0.6 is 11.3 Å². The summed E-state index contributed by atoms with van der Waals surface area (Å²) in [5.41, 5.74) is 0.485. The van der Waals surface area contributed by atoms with Crippen LogP contribution in [-0.2, 0) is 21.5 Å². The molecule has 0 fully saturated rings. The third-order valence-corrected chi connectivity index (χ3v) is 5.96. The quantitative estimate of drug-likeness (QED) is 0.705. The molecular weight excluding hydrogens is 348 g/mol. The molecule has 0 aliphatic rings. The van der Waals surface area contributed by atoms with Crippen molar-refractivity contribution in [3.63, 3.8) is 0 Å². The molecule has 0 spiro atoms. The van der Waals surface area contributed by atoms with Gasteiger partial charge >= 0.3 is 10.1 Å². The van der Waals surface area contributed by atoms with Crippen LogP contribution in [0.15, 0.2) is 52.9 Å². The van der Waals surface area contributed by atoms with Gasteiger partial charge in [0.1, 0.15) is 5.52 Å². The number of rotatable bonds is 5. The van der Waals surface area contributed by atoms with Crippen molar-refractivity contribution in [2.24, 2.45) is 0 Å². The van der Waals surface area contributed by atoms with Gasteiger partial charge in [-0.2, -0.15) is 8.42 Å². The summed E-state index contributed by atoms with van der Waals surface area (Å²) < 4.78 is 30.3. The highest BCUT2D eigenvalue weighted by Crippen LogP contribution is 2.29. The average Bonchev–Trinajstić information content (AvgIpc) is 3.03. The Hall–Kier alpha value is -2.45. The van der Waals surface area contributed by atoms with E-state index in [-0.39, 0.29) is 22.4 Å². The van der Waals surface area contributed by atoms with Crippen LogP contribution in [-0.4, -0.2) is 19.3 Å². The van der Waals surface area contributed by atoms with Crippen molar-refractivity contribution in [3.05, 3.63) is 53.5 Å². The van der Waals surface area contributed by atoms with E-state index in [1.165, 1.54) is 13.0 Å². The van der Waals surface area contributed by atoms with Crippen molar-refractivity contribution in [1.29, 1.82) is 0 Å². The summed E-state index contributed by atoms with van der Waals surface area (Å²) in [6.45, 7) is 1.69. The minimum Gasteiger partial charge on any atom is -0.376 e. The lowest BCUT2D eigenvalue weighted by atomic mass is 10.2. The fraction of sp³-hybridized carbons (Fsp3) is 0.125. The van der Waals surface area contributed by atoms with Crippen LogP contribution in [0, 0.1) is 0 Å². The van der Waals surface area contributed by atoms with Crippen LogP contribution in [0.3, 0.4) is 0 Å². The molecule has 0 bridgehead atoms. The summed E-state index contributed by atoms with van der Waals surface area (Å²) in [4.78, 5) is 15.8. The molecule has 1 aromatic carbocycles. The number of hydrogen-bond donors (Lipinski definition) is 1. The minimum atomic E-state index is -3.96. The number of para-hydroxylation sites is 1. The molecule has 0 radical (unpaired) electrons. The molecule has 1 amide bonds. The third kappa shape index (κ3) is 3.55. The molecule has 2 heterocycles. The van der Waals surface area contributed by atoms with Gasteiger partial charge in [-0.15, -0.1) is 11.3 Å². The van der Waals surface area contributed by atoms with Gasteiger partial charge in [0.2, 0.25) is 5.91 Å². The number of thiophene rings is 1. The molecule has 0 saturated carbocycles. The number of carbonyl (C=O) groups excluding carboxylic acids is 1. The molecule has 0 unspecified atom stereocenters. The summed E-state index contributed by atoms with van der Waals surface area (Å²) in [6.07, 6.45) is 1.58. The second-order valence-electron chi connectivity index (χ2n) is 5.00. The highest BCUT2D eigenvalue weighted by molar-refractivity contribution is 7.89. The topological polar surface area (TPSA) is 85.4 Å². The zero-order chi connectivity index (χ0) is 17.2. The SMILES string of the molecule is CC(=O)NCc1ccc(S(=O)(=O)Oc2cccc3cccnc23)s1. The summed E-state index contributed by atoms with van der Waals surface area (Å²) >= 11 is 1.06. The molecule has 0 aliphatic carbocycles. The maximum Gasteiger partial charge on any atom is 0.348 e. The van der Waals surface area contributed by atoms with Gasteiger partial charge in [-0.05, 0) is 24.3 Å². The first-order chi connectivity index (χ1) is 11.5. The molecule has 24 heavy (non-hydrogen) atoms. The van der Waals surface area contributed by atoms with Crippen LogP contribution in [0.5, 0.6) is 5.75 Å². The first kappa shape index (κ1) is 16.4. The molecule has 1 N–H and O–H groups in total. The van der Waals surface area contributed by atoms with Gasteiger partial charge in [0, 0.05) is 23.4 Å². The van der Waals surface area contributed by atoms with Gasteiger partial charge in [0.25, 0.3) is 0 Å². The van der Waals surface area contributed by atoms with E-state index in [9.17, 15) is 13.2 Å². The second-order valence-corrected chi connectivity index (χ2v) is 7.94. The number of benzene rings is 1. The number of hydrogen-bond acceptors (Lipinski definition) is 6. The Morgan fingerprint density at radius 1 is 1.21 bits per heavy atom. The lowest BCUT2D eigenvalue weighted by molar-refractivity contribution is -0.119. The number of aromatic nitrogens is 1. The zero-order valence-corrected chi connectivity index (χ0v) is 14.4. The number of carbonyl (C=O) groups is 1. The highest BCUT2D eigenvalue weighted by atomic mass is 32.3.